The number of hydrogen-bond acceptors (Lipinski definition) is 5. The van der Waals surface area contributed by atoms with Crippen LogP contribution in [0.2, 0.25) is 10.0 Å². The van der Waals surface area contributed by atoms with E-state index < -0.39 is 0 Å². The van der Waals surface area contributed by atoms with E-state index in [1.54, 1.807) is 18.2 Å². The number of nitrogens with zero attached hydrogens (tertiary/aromatic N) is 1. The molecule has 1 heterocycles. The lowest BCUT2D eigenvalue weighted by Crippen LogP contribution is -2.37. The van der Waals surface area contributed by atoms with Crippen LogP contribution in [0, 0.1) is 0 Å². The maximum Gasteiger partial charge on any atom is 0.306 e. The van der Waals surface area contributed by atoms with Crippen molar-refractivity contribution in [2.45, 2.75) is 25.4 Å². The summed E-state index contributed by atoms with van der Waals surface area (Å²) in [6.45, 7) is 3.26. The quantitative estimate of drug-likeness (QED) is 0.618. The molecule has 1 unspecified atom stereocenters. The summed E-state index contributed by atoms with van der Waals surface area (Å²) in [6, 6.07) is 5.26. The number of carbonyl (C=O) groups is 1. The highest BCUT2D eigenvalue weighted by Gasteiger charge is 2.20. The Hall–Kier alpha value is -1.01. The molecule has 0 spiro atoms. The van der Waals surface area contributed by atoms with Crippen molar-refractivity contribution in [3.63, 3.8) is 0 Å². The van der Waals surface area contributed by atoms with Crippen LogP contribution in [-0.4, -0.2) is 56.9 Å². The minimum Gasteiger partial charge on any atom is -0.489 e. The highest BCUT2D eigenvalue weighted by molar-refractivity contribution is 6.37. The third kappa shape index (κ3) is 6.13. The van der Waals surface area contributed by atoms with Gasteiger partial charge in [0.05, 0.1) is 29.7 Å². The summed E-state index contributed by atoms with van der Waals surface area (Å²) in [6.07, 6.45) is 2.69. The number of benzene rings is 1. The molecule has 24 heavy (non-hydrogen) atoms. The Morgan fingerprint density at radius 2 is 2.08 bits per heavy atom. The monoisotopic (exact) mass is 375 g/mol. The topological polar surface area (TPSA) is 48.0 Å². The lowest BCUT2D eigenvalue weighted by atomic mass is 10.2. The van der Waals surface area contributed by atoms with Crippen LogP contribution in [0.25, 0.3) is 0 Å². The van der Waals surface area contributed by atoms with E-state index in [1.165, 1.54) is 7.11 Å². The number of halogens is 2. The van der Waals surface area contributed by atoms with Gasteiger partial charge in [0, 0.05) is 26.2 Å². The molecular weight excluding hydrogens is 353 g/mol. The number of methoxy groups -OCH3 is 1. The molecule has 1 aliphatic heterocycles. The highest BCUT2D eigenvalue weighted by atomic mass is 35.5. The van der Waals surface area contributed by atoms with E-state index in [2.05, 4.69) is 4.90 Å². The van der Waals surface area contributed by atoms with Crippen LogP contribution >= 0.6 is 23.2 Å². The largest absolute Gasteiger partial charge is 0.489 e. The molecule has 134 valence electrons. The number of rotatable bonds is 9. The maximum atomic E-state index is 11.4. The van der Waals surface area contributed by atoms with E-state index in [-0.39, 0.29) is 12.1 Å². The molecule has 1 fully saturated rings. The van der Waals surface area contributed by atoms with Gasteiger partial charge in [0.1, 0.15) is 6.61 Å². The van der Waals surface area contributed by atoms with Gasteiger partial charge in [0.25, 0.3) is 0 Å². The molecule has 0 bridgehead atoms. The number of hydrogen-bond donors (Lipinski definition) is 0. The van der Waals surface area contributed by atoms with E-state index >= 15 is 0 Å². The molecule has 0 aliphatic carbocycles. The molecule has 0 aromatic heterocycles. The average molecular weight is 376 g/mol. The number of esters is 1. The minimum atomic E-state index is -0.220. The molecule has 0 amide bonds. The average Bonchev–Trinajstić information content (AvgIpc) is 3.07. The lowest BCUT2D eigenvalue weighted by Gasteiger charge is -2.25. The summed E-state index contributed by atoms with van der Waals surface area (Å²) in [5.74, 6) is 0.272. The van der Waals surface area contributed by atoms with Crippen LogP contribution in [0.5, 0.6) is 5.75 Å². The fourth-order valence-corrected chi connectivity index (χ4v) is 3.13. The molecule has 1 aromatic rings. The summed E-state index contributed by atoms with van der Waals surface area (Å²) >= 11 is 12.2. The van der Waals surface area contributed by atoms with Crippen LogP contribution in [0.1, 0.15) is 19.3 Å². The summed E-state index contributed by atoms with van der Waals surface area (Å²) < 4.78 is 16.1. The standard InChI is InChI=1S/C17H23Cl2NO4/c1-22-16(21)7-8-20(12-13-4-3-10-23-13)9-11-24-17-14(18)5-2-6-15(17)19/h2,5-6,13H,3-4,7-12H2,1H3. The van der Waals surface area contributed by atoms with Gasteiger partial charge in [-0.05, 0) is 25.0 Å². The third-order valence-corrected chi connectivity index (χ3v) is 4.51. The third-order valence-electron chi connectivity index (χ3n) is 3.92. The predicted octanol–water partition coefficient (Wildman–Crippen LogP) is 3.42. The zero-order valence-corrected chi connectivity index (χ0v) is 15.3. The summed E-state index contributed by atoms with van der Waals surface area (Å²) in [5, 5.41) is 0.977. The van der Waals surface area contributed by atoms with Crippen molar-refractivity contribution in [1.29, 1.82) is 0 Å². The van der Waals surface area contributed by atoms with E-state index in [0.29, 0.717) is 41.9 Å². The van der Waals surface area contributed by atoms with Crippen molar-refractivity contribution >= 4 is 29.2 Å². The van der Waals surface area contributed by atoms with Gasteiger partial charge in [0.2, 0.25) is 0 Å². The molecule has 1 atom stereocenters. The van der Waals surface area contributed by atoms with Gasteiger partial charge in [-0.15, -0.1) is 0 Å². The van der Waals surface area contributed by atoms with Crippen LogP contribution in [-0.2, 0) is 14.3 Å². The van der Waals surface area contributed by atoms with Gasteiger partial charge >= 0.3 is 5.97 Å². The Balaban J connectivity index is 1.85. The second-order valence-electron chi connectivity index (χ2n) is 5.66. The molecule has 2 rings (SSSR count). The van der Waals surface area contributed by atoms with Crippen molar-refractivity contribution in [2.75, 3.05) is 40.0 Å². The van der Waals surface area contributed by atoms with Gasteiger partial charge in [-0.3, -0.25) is 9.69 Å². The number of para-hydroxylation sites is 1. The van der Waals surface area contributed by atoms with Crippen LogP contribution < -0.4 is 4.74 Å². The normalized spacial score (nSPS) is 17.2. The zero-order valence-electron chi connectivity index (χ0n) is 13.8. The van der Waals surface area contributed by atoms with Gasteiger partial charge < -0.3 is 14.2 Å². The second kappa shape index (κ2) is 10.1. The molecule has 0 radical (unpaired) electrons. The number of carbonyl (C=O) groups excluding carboxylic acids is 1. The van der Waals surface area contributed by atoms with Crippen LogP contribution in [0.15, 0.2) is 18.2 Å². The Morgan fingerprint density at radius 3 is 2.71 bits per heavy atom. The van der Waals surface area contributed by atoms with E-state index in [9.17, 15) is 4.79 Å². The van der Waals surface area contributed by atoms with Crippen molar-refractivity contribution < 1.29 is 19.0 Å². The maximum absolute atomic E-state index is 11.4. The fourth-order valence-electron chi connectivity index (χ4n) is 2.62. The fraction of sp³-hybridized carbons (Fsp3) is 0.588. The van der Waals surface area contributed by atoms with Crippen LogP contribution in [0.3, 0.4) is 0 Å². The van der Waals surface area contributed by atoms with Crippen LogP contribution in [0.4, 0.5) is 0 Å². The molecule has 1 aliphatic rings. The van der Waals surface area contributed by atoms with E-state index in [4.69, 9.17) is 37.4 Å². The second-order valence-corrected chi connectivity index (χ2v) is 6.48. The molecular formula is C17H23Cl2NO4. The molecule has 0 N–H and O–H groups in total. The van der Waals surface area contributed by atoms with E-state index in [0.717, 1.165) is 26.0 Å². The first-order chi connectivity index (χ1) is 11.6. The van der Waals surface area contributed by atoms with Gasteiger partial charge in [-0.2, -0.15) is 0 Å². The highest BCUT2D eigenvalue weighted by Crippen LogP contribution is 2.32. The first-order valence-corrected chi connectivity index (χ1v) is 8.83. The molecule has 1 aromatic carbocycles. The molecule has 0 saturated carbocycles. The number of ether oxygens (including phenoxy) is 3. The molecule has 1 saturated heterocycles. The van der Waals surface area contributed by atoms with Crippen molar-refractivity contribution in [2.24, 2.45) is 0 Å². The lowest BCUT2D eigenvalue weighted by molar-refractivity contribution is -0.141. The van der Waals surface area contributed by atoms with Crippen molar-refractivity contribution in [3.8, 4) is 5.75 Å². The summed E-state index contributed by atoms with van der Waals surface area (Å²) in [4.78, 5) is 13.5. The summed E-state index contributed by atoms with van der Waals surface area (Å²) in [7, 11) is 1.40. The Morgan fingerprint density at radius 1 is 1.33 bits per heavy atom. The Labute approximate surface area is 152 Å². The van der Waals surface area contributed by atoms with Gasteiger partial charge in [-0.25, -0.2) is 0 Å². The van der Waals surface area contributed by atoms with Gasteiger partial charge in [0.15, 0.2) is 5.75 Å². The van der Waals surface area contributed by atoms with Gasteiger partial charge in [-0.1, -0.05) is 29.3 Å². The SMILES string of the molecule is COC(=O)CCN(CCOc1c(Cl)cccc1Cl)CC1CCCO1. The Kier molecular flexibility index (Phi) is 8.12. The first kappa shape index (κ1) is 19.3. The Bertz CT molecular complexity index is 515. The van der Waals surface area contributed by atoms with Crippen molar-refractivity contribution in [3.05, 3.63) is 28.2 Å². The predicted molar refractivity (Wildman–Crippen MR) is 94.0 cm³/mol. The molecule has 5 nitrogen and oxygen atoms in total. The first-order valence-electron chi connectivity index (χ1n) is 8.07. The van der Waals surface area contributed by atoms with Crippen molar-refractivity contribution in [1.82, 2.24) is 4.90 Å². The van der Waals surface area contributed by atoms with E-state index in [1.807, 2.05) is 0 Å². The zero-order chi connectivity index (χ0) is 17.4. The molecule has 7 heteroatoms. The smallest absolute Gasteiger partial charge is 0.306 e. The minimum absolute atomic E-state index is 0.214. The summed E-state index contributed by atoms with van der Waals surface area (Å²) in [5.41, 5.74) is 0.